The number of esters is 2. The lowest BCUT2D eigenvalue weighted by atomic mass is 9.93. The Morgan fingerprint density at radius 3 is 1.26 bits per heavy atom. The van der Waals surface area contributed by atoms with Gasteiger partial charge in [0.15, 0.2) is 0 Å². The van der Waals surface area contributed by atoms with E-state index in [0.717, 1.165) is 10.8 Å². The van der Waals surface area contributed by atoms with Gasteiger partial charge in [0.2, 0.25) is 0 Å². The number of benzene rings is 6. The van der Waals surface area contributed by atoms with Crippen molar-refractivity contribution in [1.29, 1.82) is 0 Å². The largest absolute Gasteiger partial charge is 0.478 e. The first kappa shape index (κ1) is 23.8. The summed E-state index contributed by atoms with van der Waals surface area (Å²) in [6.45, 7) is 0. The van der Waals surface area contributed by atoms with Gasteiger partial charge in [0, 0.05) is 10.8 Å². The molecule has 0 fully saturated rings. The molecule has 188 valence electrons. The molecule has 6 aromatic carbocycles. The molecule has 0 amide bonds. The van der Waals surface area contributed by atoms with Crippen LogP contribution in [0.3, 0.4) is 0 Å². The summed E-state index contributed by atoms with van der Waals surface area (Å²) in [7, 11) is 0. The van der Waals surface area contributed by atoms with E-state index in [2.05, 4.69) is 0 Å². The number of aromatic carboxylic acids is 2. The number of fused-ring (bicyclic) bond motifs is 6. The van der Waals surface area contributed by atoms with Gasteiger partial charge in [-0.3, -0.25) is 0 Å². The van der Waals surface area contributed by atoms with Crippen molar-refractivity contribution in [2.75, 3.05) is 0 Å². The molecule has 6 aromatic rings. The normalized spacial score (nSPS) is 11.2. The Morgan fingerprint density at radius 2 is 0.846 bits per heavy atom. The second-order valence-corrected chi connectivity index (χ2v) is 9.03. The van der Waals surface area contributed by atoms with Gasteiger partial charge >= 0.3 is 23.9 Å². The minimum atomic E-state index is -1.23. The number of carboxylic acids is 2. The Labute approximate surface area is 220 Å². The highest BCUT2D eigenvalue weighted by Gasteiger charge is 2.25. The molecule has 0 saturated carbocycles. The minimum Gasteiger partial charge on any atom is -0.478 e. The summed E-state index contributed by atoms with van der Waals surface area (Å²) in [6, 6.07) is 26.7. The standard InChI is InChI=1S/C32H18O7/c33-29(34)25-15-17-7-1-3-9-19(17)21-11-5-13-23(27(21)25)31(37)39-32(38)24-14-6-12-22-20-10-4-2-8-18(20)16-26(28(22)24)30(35)36/h1-16H,(H,33,34)(H,35,36). The molecule has 0 unspecified atom stereocenters. The maximum Gasteiger partial charge on any atom is 0.346 e. The molecule has 0 aliphatic heterocycles. The topological polar surface area (TPSA) is 118 Å². The van der Waals surface area contributed by atoms with Crippen molar-refractivity contribution >= 4 is 67.0 Å². The van der Waals surface area contributed by atoms with Crippen molar-refractivity contribution in [3.8, 4) is 0 Å². The number of rotatable bonds is 4. The highest BCUT2D eigenvalue weighted by molar-refractivity contribution is 6.24. The van der Waals surface area contributed by atoms with Gasteiger partial charge < -0.3 is 14.9 Å². The van der Waals surface area contributed by atoms with Crippen LogP contribution in [0.25, 0.3) is 43.1 Å². The van der Waals surface area contributed by atoms with Gasteiger partial charge in [0.25, 0.3) is 0 Å². The van der Waals surface area contributed by atoms with Gasteiger partial charge in [0.1, 0.15) is 0 Å². The third kappa shape index (κ3) is 3.84. The molecular weight excluding hydrogens is 496 g/mol. The van der Waals surface area contributed by atoms with Crippen LogP contribution >= 0.6 is 0 Å². The summed E-state index contributed by atoms with van der Waals surface area (Å²) >= 11 is 0. The maximum atomic E-state index is 13.4. The van der Waals surface area contributed by atoms with Crippen molar-refractivity contribution in [2.24, 2.45) is 0 Å². The van der Waals surface area contributed by atoms with Crippen molar-refractivity contribution in [1.82, 2.24) is 0 Å². The third-order valence-corrected chi connectivity index (χ3v) is 6.86. The number of hydrogen-bond acceptors (Lipinski definition) is 5. The van der Waals surface area contributed by atoms with Gasteiger partial charge in [-0.1, -0.05) is 72.8 Å². The van der Waals surface area contributed by atoms with E-state index in [1.165, 1.54) is 24.3 Å². The monoisotopic (exact) mass is 514 g/mol. The first-order chi connectivity index (χ1) is 18.8. The SMILES string of the molecule is O=C(O)c1cc2ccccc2c2cccc(C(=O)OC(=O)c3cccc4c3c(C(=O)O)cc3ccccc34)c12. The molecule has 0 heterocycles. The number of carbonyl (C=O) groups excluding carboxylic acids is 2. The van der Waals surface area contributed by atoms with Crippen LogP contribution in [0, 0.1) is 0 Å². The van der Waals surface area contributed by atoms with Crippen LogP contribution in [-0.2, 0) is 4.74 Å². The minimum absolute atomic E-state index is 0.0897. The van der Waals surface area contributed by atoms with E-state index >= 15 is 0 Å². The van der Waals surface area contributed by atoms with E-state index in [9.17, 15) is 29.4 Å². The lowest BCUT2D eigenvalue weighted by molar-refractivity contribution is 0.0400. The Bertz CT molecular complexity index is 1890. The molecule has 0 atom stereocenters. The Balaban J connectivity index is 1.50. The van der Waals surface area contributed by atoms with Crippen LogP contribution in [-0.4, -0.2) is 34.1 Å². The Kier molecular flexibility index (Phi) is 5.54. The lowest BCUT2D eigenvalue weighted by Crippen LogP contribution is -2.15. The first-order valence-corrected chi connectivity index (χ1v) is 12.0. The molecule has 7 heteroatoms. The van der Waals surface area contributed by atoms with Crippen LogP contribution in [0.2, 0.25) is 0 Å². The lowest BCUT2D eigenvalue weighted by Gasteiger charge is -2.13. The molecule has 0 saturated heterocycles. The summed E-state index contributed by atoms with van der Waals surface area (Å²) in [5.74, 6) is -4.55. The van der Waals surface area contributed by atoms with E-state index in [1.54, 1.807) is 60.7 Å². The van der Waals surface area contributed by atoms with E-state index in [-0.39, 0.29) is 33.0 Å². The second-order valence-electron chi connectivity index (χ2n) is 9.03. The zero-order chi connectivity index (χ0) is 27.3. The number of hydrogen-bond donors (Lipinski definition) is 2. The summed E-state index contributed by atoms with van der Waals surface area (Å²) in [5, 5.41) is 24.1. The molecule has 0 radical (unpaired) electrons. The molecule has 7 nitrogen and oxygen atoms in total. The molecule has 2 N–H and O–H groups in total. The fourth-order valence-electron chi connectivity index (χ4n) is 5.20. The van der Waals surface area contributed by atoms with Gasteiger partial charge in [-0.25, -0.2) is 19.2 Å². The van der Waals surface area contributed by atoms with Crippen LogP contribution in [0.1, 0.15) is 41.4 Å². The van der Waals surface area contributed by atoms with Crippen molar-refractivity contribution in [3.05, 3.63) is 119 Å². The van der Waals surface area contributed by atoms with Crippen molar-refractivity contribution < 1.29 is 34.1 Å². The van der Waals surface area contributed by atoms with Gasteiger partial charge in [-0.15, -0.1) is 0 Å². The molecule has 0 aromatic heterocycles. The van der Waals surface area contributed by atoms with Gasteiger partial charge in [-0.05, 0) is 56.6 Å². The quantitative estimate of drug-likeness (QED) is 0.153. The second kappa shape index (κ2) is 9.08. The predicted octanol–water partition coefficient (Wildman–Crippen LogP) is 6.69. The zero-order valence-electron chi connectivity index (χ0n) is 20.2. The summed E-state index contributed by atoms with van der Waals surface area (Å²) in [6.07, 6.45) is 0. The molecule has 39 heavy (non-hydrogen) atoms. The van der Waals surface area contributed by atoms with Crippen molar-refractivity contribution in [3.63, 3.8) is 0 Å². The first-order valence-electron chi connectivity index (χ1n) is 12.0. The molecule has 0 bridgehead atoms. The smallest absolute Gasteiger partial charge is 0.346 e. The van der Waals surface area contributed by atoms with Gasteiger partial charge in [-0.2, -0.15) is 0 Å². The van der Waals surface area contributed by atoms with Crippen molar-refractivity contribution in [2.45, 2.75) is 0 Å². The van der Waals surface area contributed by atoms with Crippen LogP contribution in [0.5, 0.6) is 0 Å². The highest BCUT2D eigenvalue weighted by Crippen LogP contribution is 2.34. The average Bonchev–Trinajstić information content (AvgIpc) is 2.95. The van der Waals surface area contributed by atoms with Crippen LogP contribution in [0.15, 0.2) is 97.1 Å². The van der Waals surface area contributed by atoms with E-state index < -0.39 is 23.9 Å². The molecule has 0 aliphatic carbocycles. The maximum absolute atomic E-state index is 13.4. The van der Waals surface area contributed by atoms with E-state index in [4.69, 9.17) is 4.74 Å². The van der Waals surface area contributed by atoms with E-state index in [0.29, 0.717) is 21.5 Å². The predicted molar refractivity (Wildman–Crippen MR) is 147 cm³/mol. The summed E-state index contributed by atoms with van der Waals surface area (Å²) < 4.78 is 5.27. The molecular formula is C32H18O7. The average molecular weight is 514 g/mol. The van der Waals surface area contributed by atoms with Gasteiger partial charge in [0.05, 0.1) is 22.3 Å². The molecule has 0 spiro atoms. The molecule has 0 aliphatic rings. The van der Waals surface area contributed by atoms with E-state index in [1.807, 2.05) is 12.1 Å². The van der Waals surface area contributed by atoms with Crippen LogP contribution in [0.4, 0.5) is 0 Å². The van der Waals surface area contributed by atoms with Crippen LogP contribution < -0.4 is 0 Å². The summed E-state index contributed by atoms with van der Waals surface area (Å²) in [5.41, 5.74) is -0.386. The number of carbonyl (C=O) groups is 4. The number of ether oxygens (including phenoxy) is 1. The Morgan fingerprint density at radius 1 is 0.462 bits per heavy atom. The molecule has 6 rings (SSSR count). The fourth-order valence-corrected chi connectivity index (χ4v) is 5.20. The number of carboxylic acid groups (broad SMARTS) is 2. The fraction of sp³-hybridized carbons (Fsp3) is 0. The Hall–Kier alpha value is -5.56. The summed E-state index contributed by atoms with van der Waals surface area (Å²) in [4.78, 5) is 51.1. The zero-order valence-corrected chi connectivity index (χ0v) is 20.2. The highest BCUT2D eigenvalue weighted by atomic mass is 16.6. The third-order valence-electron chi connectivity index (χ3n) is 6.86.